The standard InChI is InChI=1S/C14H17N3O3S2/c1-10-13(21-9-17-10)6-7-14(18)16-8-11-2-4-12(5-3-11)22(15,19)20/h2-5,9H,6-8H2,1H3,(H,16,18)(H2,15,19,20). The number of nitrogens with two attached hydrogens (primary N) is 1. The third-order valence-electron chi connectivity index (χ3n) is 3.17. The molecule has 0 bridgehead atoms. The maximum Gasteiger partial charge on any atom is 0.238 e. The van der Waals surface area contributed by atoms with Crippen LogP contribution in [0, 0.1) is 6.92 Å². The highest BCUT2D eigenvalue weighted by atomic mass is 32.2. The molecule has 0 saturated carbocycles. The maximum absolute atomic E-state index is 11.8. The molecule has 0 aliphatic heterocycles. The van der Waals surface area contributed by atoms with Gasteiger partial charge in [0.2, 0.25) is 15.9 Å². The van der Waals surface area contributed by atoms with Crippen molar-refractivity contribution in [3.05, 3.63) is 45.9 Å². The fourth-order valence-corrected chi connectivity index (χ4v) is 3.18. The van der Waals surface area contributed by atoms with Gasteiger partial charge < -0.3 is 5.32 Å². The second-order valence-electron chi connectivity index (χ2n) is 4.83. The number of aromatic nitrogens is 1. The maximum atomic E-state index is 11.8. The predicted molar refractivity (Wildman–Crippen MR) is 84.8 cm³/mol. The predicted octanol–water partition coefficient (Wildman–Crippen LogP) is 1.35. The highest BCUT2D eigenvalue weighted by Gasteiger charge is 2.08. The lowest BCUT2D eigenvalue weighted by Crippen LogP contribution is -2.23. The van der Waals surface area contributed by atoms with Crippen molar-refractivity contribution in [1.29, 1.82) is 0 Å². The minimum absolute atomic E-state index is 0.0525. The summed E-state index contributed by atoms with van der Waals surface area (Å²) in [5, 5.41) is 7.83. The van der Waals surface area contributed by atoms with Gasteiger partial charge in [-0.15, -0.1) is 11.3 Å². The lowest BCUT2D eigenvalue weighted by molar-refractivity contribution is -0.121. The van der Waals surface area contributed by atoms with Crippen molar-refractivity contribution in [3.8, 4) is 0 Å². The van der Waals surface area contributed by atoms with Gasteiger partial charge >= 0.3 is 0 Å². The van der Waals surface area contributed by atoms with Crippen LogP contribution in [-0.4, -0.2) is 19.3 Å². The molecule has 0 fully saturated rings. The van der Waals surface area contributed by atoms with Crippen LogP contribution in [0.25, 0.3) is 0 Å². The largest absolute Gasteiger partial charge is 0.352 e. The number of thiazole rings is 1. The van der Waals surface area contributed by atoms with Crippen molar-refractivity contribution in [2.24, 2.45) is 5.14 Å². The topological polar surface area (TPSA) is 102 Å². The summed E-state index contributed by atoms with van der Waals surface area (Å²) < 4.78 is 22.3. The third kappa shape index (κ3) is 4.62. The molecular weight excluding hydrogens is 322 g/mol. The Kier molecular flexibility index (Phi) is 5.28. The fourth-order valence-electron chi connectivity index (χ4n) is 1.88. The number of hydrogen-bond donors (Lipinski definition) is 2. The first kappa shape index (κ1) is 16.6. The van der Waals surface area contributed by atoms with Gasteiger partial charge in [-0.3, -0.25) is 4.79 Å². The summed E-state index contributed by atoms with van der Waals surface area (Å²) >= 11 is 1.55. The molecule has 6 nitrogen and oxygen atoms in total. The summed E-state index contributed by atoms with van der Waals surface area (Å²) in [6, 6.07) is 6.12. The zero-order valence-corrected chi connectivity index (χ0v) is 13.7. The first-order chi connectivity index (χ1) is 10.4. The molecule has 0 aliphatic rings. The van der Waals surface area contributed by atoms with Gasteiger partial charge in [0, 0.05) is 17.8 Å². The number of hydrogen-bond acceptors (Lipinski definition) is 5. The molecule has 0 atom stereocenters. The van der Waals surface area contributed by atoms with E-state index in [1.165, 1.54) is 12.1 Å². The molecule has 0 saturated heterocycles. The van der Waals surface area contributed by atoms with Gasteiger partial charge in [0.15, 0.2) is 0 Å². The van der Waals surface area contributed by atoms with Crippen molar-refractivity contribution in [1.82, 2.24) is 10.3 Å². The number of carbonyl (C=O) groups is 1. The van der Waals surface area contributed by atoms with Crippen molar-refractivity contribution in [2.45, 2.75) is 31.2 Å². The summed E-state index contributed by atoms with van der Waals surface area (Å²) in [7, 11) is -3.68. The Morgan fingerprint density at radius 2 is 2.00 bits per heavy atom. The SMILES string of the molecule is Cc1ncsc1CCC(=O)NCc1ccc(S(N)(=O)=O)cc1. The summed E-state index contributed by atoms with van der Waals surface area (Å²) in [5.41, 5.74) is 3.56. The van der Waals surface area contributed by atoms with Gasteiger partial charge in [-0.1, -0.05) is 12.1 Å². The van der Waals surface area contributed by atoms with Gasteiger partial charge in [0.1, 0.15) is 0 Å². The number of aryl methyl sites for hydroxylation is 2. The molecule has 1 heterocycles. The normalized spacial score (nSPS) is 11.4. The van der Waals surface area contributed by atoms with Gasteiger partial charge in [-0.2, -0.15) is 0 Å². The number of nitrogens with one attached hydrogen (secondary N) is 1. The van der Waals surface area contributed by atoms with Crippen LogP contribution in [0.3, 0.4) is 0 Å². The zero-order valence-electron chi connectivity index (χ0n) is 12.1. The number of carbonyl (C=O) groups excluding carboxylic acids is 1. The summed E-state index contributed by atoms with van der Waals surface area (Å²) in [6.45, 7) is 2.28. The van der Waals surface area contributed by atoms with Crippen LogP contribution in [0.2, 0.25) is 0 Å². The molecule has 118 valence electrons. The average molecular weight is 339 g/mol. The monoisotopic (exact) mass is 339 g/mol. The van der Waals surface area contributed by atoms with Crippen molar-refractivity contribution in [3.63, 3.8) is 0 Å². The Labute approximate surface area is 133 Å². The highest BCUT2D eigenvalue weighted by Crippen LogP contribution is 2.14. The minimum atomic E-state index is -3.68. The highest BCUT2D eigenvalue weighted by molar-refractivity contribution is 7.89. The van der Waals surface area contributed by atoms with Crippen LogP contribution in [0.1, 0.15) is 22.6 Å². The Morgan fingerprint density at radius 3 is 2.55 bits per heavy atom. The summed E-state index contributed by atoms with van der Waals surface area (Å²) in [6.07, 6.45) is 1.07. The molecule has 2 aromatic rings. The second-order valence-corrected chi connectivity index (χ2v) is 7.33. The van der Waals surface area contributed by atoms with Crippen LogP contribution in [-0.2, 0) is 27.8 Å². The van der Waals surface area contributed by atoms with E-state index in [-0.39, 0.29) is 10.8 Å². The van der Waals surface area contributed by atoms with Crippen molar-refractivity contribution < 1.29 is 13.2 Å². The number of primary sulfonamides is 1. The Hall–Kier alpha value is -1.77. The molecule has 8 heteroatoms. The van der Waals surface area contributed by atoms with Crippen LogP contribution in [0.5, 0.6) is 0 Å². The lowest BCUT2D eigenvalue weighted by Gasteiger charge is -2.06. The zero-order chi connectivity index (χ0) is 16.2. The number of benzene rings is 1. The molecule has 3 N–H and O–H groups in total. The van der Waals surface area contributed by atoms with E-state index in [0.29, 0.717) is 19.4 Å². The van der Waals surface area contributed by atoms with Gasteiger partial charge in [-0.25, -0.2) is 18.5 Å². The number of rotatable bonds is 6. The van der Waals surface area contributed by atoms with Crippen LogP contribution < -0.4 is 10.5 Å². The molecule has 1 aromatic carbocycles. The van der Waals surface area contributed by atoms with E-state index in [2.05, 4.69) is 10.3 Å². The van der Waals surface area contributed by atoms with E-state index in [0.717, 1.165) is 16.1 Å². The molecule has 0 unspecified atom stereocenters. The van der Waals surface area contributed by atoms with Crippen LogP contribution >= 0.6 is 11.3 Å². The number of nitrogens with zero attached hydrogens (tertiary/aromatic N) is 1. The fraction of sp³-hybridized carbons (Fsp3) is 0.286. The third-order valence-corrected chi connectivity index (χ3v) is 5.09. The molecule has 0 radical (unpaired) electrons. The Morgan fingerprint density at radius 1 is 1.32 bits per heavy atom. The van der Waals surface area contributed by atoms with E-state index in [9.17, 15) is 13.2 Å². The van der Waals surface area contributed by atoms with Crippen molar-refractivity contribution in [2.75, 3.05) is 0 Å². The van der Waals surface area contributed by atoms with Gasteiger partial charge in [-0.05, 0) is 31.0 Å². The number of amides is 1. The Balaban J connectivity index is 1.82. The minimum Gasteiger partial charge on any atom is -0.352 e. The van der Waals surface area contributed by atoms with E-state index in [1.807, 2.05) is 6.92 Å². The number of sulfonamides is 1. The molecule has 0 aliphatic carbocycles. The average Bonchev–Trinajstić information content (AvgIpc) is 2.88. The summed E-state index contributed by atoms with van der Waals surface area (Å²) in [5.74, 6) is -0.0525. The summed E-state index contributed by atoms with van der Waals surface area (Å²) in [4.78, 5) is 17.1. The first-order valence-electron chi connectivity index (χ1n) is 6.63. The first-order valence-corrected chi connectivity index (χ1v) is 9.06. The molecule has 0 spiro atoms. The smallest absolute Gasteiger partial charge is 0.238 e. The molecule has 22 heavy (non-hydrogen) atoms. The van der Waals surface area contributed by atoms with Gasteiger partial charge in [0.05, 0.1) is 16.1 Å². The van der Waals surface area contributed by atoms with Gasteiger partial charge in [0.25, 0.3) is 0 Å². The molecule has 2 rings (SSSR count). The lowest BCUT2D eigenvalue weighted by atomic mass is 10.2. The quantitative estimate of drug-likeness (QED) is 0.829. The van der Waals surface area contributed by atoms with E-state index in [4.69, 9.17) is 5.14 Å². The van der Waals surface area contributed by atoms with Crippen molar-refractivity contribution >= 4 is 27.3 Å². The van der Waals surface area contributed by atoms with Crippen LogP contribution in [0.4, 0.5) is 0 Å². The van der Waals surface area contributed by atoms with E-state index >= 15 is 0 Å². The molecule has 1 amide bonds. The van der Waals surface area contributed by atoms with Crippen LogP contribution in [0.15, 0.2) is 34.7 Å². The Bertz CT molecular complexity index is 752. The van der Waals surface area contributed by atoms with E-state index < -0.39 is 10.0 Å². The molecular formula is C14H17N3O3S2. The molecule has 1 aromatic heterocycles. The second kappa shape index (κ2) is 6.99. The van der Waals surface area contributed by atoms with E-state index in [1.54, 1.807) is 29.0 Å².